The lowest BCUT2D eigenvalue weighted by Gasteiger charge is -2.16. The first-order valence-corrected chi connectivity index (χ1v) is 10.7. The van der Waals surface area contributed by atoms with E-state index in [1.54, 1.807) is 0 Å². The van der Waals surface area contributed by atoms with Crippen molar-refractivity contribution in [3.05, 3.63) is 76.3 Å². The van der Waals surface area contributed by atoms with Gasteiger partial charge in [0, 0.05) is 25.5 Å². The average molecular weight is 495 g/mol. The summed E-state index contributed by atoms with van der Waals surface area (Å²) in [7, 11) is 0. The van der Waals surface area contributed by atoms with E-state index in [-0.39, 0.29) is 12.4 Å². The minimum Gasteiger partial charge on any atom is -0.490 e. The zero-order valence-electron chi connectivity index (χ0n) is 17.4. The lowest BCUT2D eigenvalue weighted by atomic mass is 10.1. The van der Waals surface area contributed by atoms with Gasteiger partial charge < -0.3 is 19.4 Å². The Morgan fingerprint density at radius 1 is 1.10 bits per heavy atom. The molecule has 1 aromatic heterocycles. The van der Waals surface area contributed by atoms with Crippen LogP contribution in [0.5, 0.6) is 11.5 Å². The third kappa shape index (κ3) is 7.35. The summed E-state index contributed by atoms with van der Waals surface area (Å²) in [5.74, 6) is 1.51. The van der Waals surface area contributed by atoms with Gasteiger partial charge in [0.15, 0.2) is 11.5 Å². The number of nitrogens with one attached hydrogen (secondary N) is 1. The molecule has 0 atom stereocenters. The summed E-state index contributed by atoms with van der Waals surface area (Å²) in [4.78, 5) is 4.06. The van der Waals surface area contributed by atoms with Gasteiger partial charge >= 0.3 is 0 Å². The van der Waals surface area contributed by atoms with Crippen LogP contribution >= 0.6 is 28.3 Å². The highest BCUT2D eigenvalue weighted by molar-refractivity contribution is 9.10. The molecule has 0 aliphatic heterocycles. The molecule has 0 fully saturated rings. The summed E-state index contributed by atoms with van der Waals surface area (Å²) < 4.78 is 14.9. The molecule has 5 nitrogen and oxygen atoms in total. The Balaban J connectivity index is 0.00000320. The second-order valence-electron chi connectivity index (χ2n) is 6.94. The average Bonchev–Trinajstić information content (AvgIpc) is 3.22. The summed E-state index contributed by atoms with van der Waals surface area (Å²) in [6, 6.07) is 12.5. The predicted octanol–water partition coefficient (Wildman–Crippen LogP) is 5.53. The van der Waals surface area contributed by atoms with Crippen LogP contribution in [0.25, 0.3) is 0 Å². The van der Waals surface area contributed by atoms with Gasteiger partial charge in [0.05, 0.1) is 17.4 Å². The molecule has 3 aromatic rings. The highest BCUT2D eigenvalue weighted by atomic mass is 79.9. The molecule has 0 spiro atoms. The largest absolute Gasteiger partial charge is 0.490 e. The van der Waals surface area contributed by atoms with E-state index in [2.05, 4.69) is 74.1 Å². The molecule has 30 heavy (non-hydrogen) atoms. The number of aromatic nitrogens is 2. The van der Waals surface area contributed by atoms with Gasteiger partial charge in [0.1, 0.15) is 6.61 Å². The van der Waals surface area contributed by atoms with E-state index < -0.39 is 0 Å². The quantitative estimate of drug-likeness (QED) is 0.356. The third-order valence-corrected chi connectivity index (χ3v) is 5.12. The van der Waals surface area contributed by atoms with Gasteiger partial charge in [-0.2, -0.15) is 0 Å². The zero-order valence-corrected chi connectivity index (χ0v) is 19.8. The van der Waals surface area contributed by atoms with Gasteiger partial charge in [0.2, 0.25) is 0 Å². The predicted molar refractivity (Wildman–Crippen MR) is 127 cm³/mol. The minimum absolute atomic E-state index is 0. The Labute approximate surface area is 193 Å². The number of aryl methyl sites for hydroxylation is 2. The van der Waals surface area contributed by atoms with E-state index in [9.17, 15) is 0 Å². The highest BCUT2D eigenvalue weighted by Crippen LogP contribution is 2.37. The first-order valence-electron chi connectivity index (χ1n) is 9.95. The minimum atomic E-state index is 0. The molecular formula is C23H29BrClN3O2. The van der Waals surface area contributed by atoms with E-state index in [1.165, 1.54) is 5.56 Å². The molecule has 162 valence electrons. The Hall–Kier alpha value is -2.02. The SMILES string of the molecule is CCOc1cc(CNCCCn2ccnc2)cc(Br)c1OCc1ccc(C)cc1.Cl. The molecule has 0 aliphatic carbocycles. The Morgan fingerprint density at radius 3 is 2.60 bits per heavy atom. The summed E-state index contributed by atoms with van der Waals surface area (Å²) in [6.45, 7) is 7.84. The second-order valence-corrected chi connectivity index (χ2v) is 7.80. The van der Waals surface area contributed by atoms with Gasteiger partial charge in [-0.3, -0.25) is 0 Å². The van der Waals surface area contributed by atoms with Gasteiger partial charge in [-0.15, -0.1) is 12.4 Å². The van der Waals surface area contributed by atoms with Crippen LogP contribution in [-0.2, 0) is 19.7 Å². The maximum Gasteiger partial charge on any atom is 0.175 e. The smallest absolute Gasteiger partial charge is 0.175 e. The van der Waals surface area contributed by atoms with Crippen LogP contribution in [0.15, 0.2) is 59.6 Å². The van der Waals surface area contributed by atoms with Gasteiger partial charge in [0.25, 0.3) is 0 Å². The maximum atomic E-state index is 6.08. The van der Waals surface area contributed by atoms with Gasteiger partial charge in [-0.1, -0.05) is 29.8 Å². The van der Waals surface area contributed by atoms with Crippen molar-refractivity contribution >= 4 is 28.3 Å². The molecule has 0 radical (unpaired) electrons. The number of hydrogen-bond donors (Lipinski definition) is 1. The normalized spacial score (nSPS) is 10.5. The number of rotatable bonds is 11. The molecular weight excluding hydrogens is 466 g/mol. The number of nitrogens with zero attached hydrogens (tertiary/aromatic N) is 2. The van der Waals surface area contributed by atoms with E-state index >= 15 is 0 Å². The van der Waals surface area contributed by atoms with E-state index in [1.807, 2.05) is 25.6 Å². The Kier molecular flexibility index (Phi) is 10.2. The van der Waals surface area contributed by atoms with Crippen LogP contribution < -0.4 is 14.8 Å². The number of ether oxygens (including phenoxy) is 2. The summed E-state index contributed by atoms with van der Waals surface area (Å²) in [5, 5.41) is 3.49. The number of halogens is 2. The molecule has 7 heteroatoms. The van der Waals surface area contributed by atoms with Crippen molar-refractivity contribution in [1.82, 2.24) is 14.9 Å². The number of benzene rings is 2. The number of imidazole rings is 1. The highest BCUT2D eigenvalue weighted by Gasteiger charge is 2.12. The first kappa shape index (κ1) is 24.3. The van der Waals surface area contributed by atoms with Crippen LogP contribution in [0.2, 0.25) is 0 Å². The van der Waals surface area contributed by atoms with Crippen molar-refractivity contribution in [3.63, 3.8) is 0 Å². The number of hydrogen-bond acceptors (Lipinski definition) is 4. The van der Waals surface area contributed by atoms with Gasteiger partial charge in [-0.05, 0) is 66.0 Å². The fourth-order valence-electron chi connectivity index (χ4n) is 3.00. The molecule has 0 amide bonds. The molecule has 1 N–H and O–H groups in total. The van der Waals surface area contributed by atoms with Crippen molar-refractivity contribution in [2.45, 2.75) is 40.0 Å². The molecule has 1 heterocycles. The maximum absolute atomic E-state index is 6.08. The van der Waals surface area contributed by atoms with Crippen molar-refractivity contribution < 1.29 is 9.47 Å². The molecule has 0 saturated heterocycles. The van der Waals surface area contributed by atoms with Gasteiger partial charge in [-0.25, -0.2) is 4.98 Å². The van der Waals surface area contributed by atoms with Crippen LogP contribution in [0, 0.1) is 6.92 Å². The molecule has 0 unspecified atom stereocenters. The zero-order chi connectivity index (χ0) is 20.5. The lowest BCUT2D eigenvalue weighted by molar-refractivity contribution is 0.267. The molecule has 0 saturated carbocycles. The van der Waals surface area contributed by atoms with E-state index in [4.69, 9.17) is 9.47 Å². The summed E-state index contributed by atoms with van der Waals surface area (Å²) in [6.07, 6.45) is 6.69. The Morgan fingerprint density at radius 2 is 1.90 bits per heavy atom. The Bertz CT molecular complexity index is 886. The van der Waals surface area contributed by atoms with Crippen molar-refractivity contribution in [3.8, 4) is 11.5 Å². The van der Waals surface area contributed by atoms with Crippen LogP contribution in [-0.4, -0.2) is 22.7 Å². The van der Waals surface area contributed by atoms with Crippen molar-refractivity contribution in [2.75, 3.05) is 13.2 Å². The molecule has 2 aromatic carbocycles. The summed E-state index contributed by atoms with van der Waals surface area (Å²) >= 11 is 3.66. The van der Waals surface area contributed by atoms with Crippen molar-refractivity contribution in [1.29, 1.82) is 0 Å². The van der Waals surface area contributed by atoms with Crippen LogP contribution in [0.3, 0.4) is 0 Å². The molecule has 3 rings (SSSR count). The first-order chi connectivity index (χ1) is 14.2. The monoisotopic (exact) mass is 493 g/mol. The molecule has 0 aliphatic rings. The third-order valence-electron chi connectivity index (χ3n) is 4.53. The van der Waals surface area contributed by atoms with E-state index in [0.29, 0.717) is 13.2 Å². The fourth-order valence-corrected chi connectivity index (χ4v) is 3.61. The topological polar surface area (TPSA) is 48.3 Å². The fraction of sp³-hybridized carbons (Fsp3) is 0.348. The standard InChI is InChI=1S/C23H28BrN3O2.ClH/c1-3-28-22-14-20(15-25-9-4-11-27-12-10-26-17-27)13-21(24)23(22)29-16-19-7-5-18(2)6-8-19;/h5-8,10,12-14,17,25H,3-4,9,11,15-16H2,1-2H3;1H. The second kappa shape index (κ2) is 12.6. The molecule has 0 bridgehead atoms. The van der Waals surface area contributed by atoms with Crippen LogP contribution in [0.4, 0.5) is 0 Å². The lowest BCUT2D eigenvalue weighted by Crippen LogP contribution is -2.16. The van der Waals surface area contributed by atoms with Crippen LogP contribution in [0.1, 0.15) is 30.0 Å². The van der Waals surface area contributed by atoms with E-state index in [0.717, 1.165) is 53.2 Å². The summed E-state index contributed by atoms with van der Waals surface area (Å²) in [5.41, 5.74) is 3.53. The van der Waals surface area contributed by atoms with Crippen molar-refractivity contribution in [2.24, 2.45) is 0 Å².